The van der Waals surface area contributed by atoms with E-state index in [1.807, 2.05) is 25.4 Å². The lowest BCUT2D eigenvalue weighted by Crippen LogP contribution is -2.06. The van der Waals surface area contributed by atoms with Gasteiger partial charge in [-0.2, -0.15) is 5.10 Å². The molecule has 0 saturated carbocycles. The molecule has 0 aliphatic heterocycles. The Morgan fingerprint density at radius 3 is 2.82 bits per heavy atom. The van der Waals surface area contributed by atoms with Gasteiger partial charge in [0.15, 0.2) is 0 Å². The topological polar surface area (TPSA) is 17.8 Å². The maximum Gasteiger partial charge on any atom is 0.123 e. The van der Waals surface area contributed by atoms with Crippen molar-refractivity contribution >= 4 is 11.6 Å². The maximum atomic E-state index is 13.1. The lowest BCUT2D eigenvalue weighted by Gasteiger charge is -2.12. The second kappa shape index (κ2) is 5.32. The van der Waals surface area contributed by atoms with Crippen LogP contribution in [0.1, 0.15) is 17.2 Å². The predicted molar refractivity (Wildman–Crippen MR) is 66.8 cm³/mol. The molecule has 0 amide bonds. The molecule has 0 radical (unpaired) electrons. The van der Waals surface area contributed by atoms with Crippen molar-refractivity contribution < 1.29 is 4.39 Å². The molecular formula is C13H14ClFN2. The van der Waals surface area contributed by atoms with Crippen LogP contribution in [0, 0.1) is 5.82 Å². The van der Waals surface area contributed by atoms with Crippen LogP contribution >= 0.6 is 11.6 Å². The Bertz CT molecular complexity index is 496. The number of aryl methyl sites for hydroxylation is 1. The lowest BCUT2D eigenvalue weighted by atomic mass is 9.96. The summed E-state index contributed by atoms with van der Waals surface area (Å²) in [5, 5.41) is 4.31. The summed E-state index contributed by atoms with van der Waals surface area (Å²) in [6.07, 6.45) is 2.62. The van der Waals surface area contributed by atoms with E-state index in [1.54, 1.807) is 10.7 Å². The monoisotopic (exact) mass is 252 g/mol. The highest BCUT2D eigenvalue weighted by molar-refractivity contribution is 6.18. The van der Waals surface area contributed by atoms with Crippen molar-refractivity contribution in [1.29, 1.82) is 0 Å². The summed E-state index contributed by atoms with van der Waals surface area (Å²) in [4.78, 5) is 0. The molecule has 2 nitrogen and oxygen atoms in total. The Kier molecular flexibility index (Phi) is 3.79. The van der Waals surface area contributed by atoms with E-state index in [2.05, 4.69) is 5.10 Å². The minimum absolute atomic E-state index is 0.0993. The van der Waals surface area contributed by atoms with Gasteiger partial charge in [0, 0.05) is 25.0 Å². The van der Waals surface area contributed by atoms with Gasteiger partial charge in [0.25, 0.3) is 0 Å². The predicted octanol–water partition coefficient (Wildman–Crippen LogP) is 3.12. The molecular weight excluding hydrogens is 239 g/mol. The van der Waals surface area contributed by atoms with Gasteiger partial charge in [0.05, 0.1) is 5.69 Å². The minimum atomic E-state index is -0.223. The van der Waals surface area contributed by atoms with E-state index in [1.165, 1.54) is 12.1 Å². The number of benzene rings is 1. The zero-order valence-corrected chi connectivity index (χ0v) is 10.4. The Hall–Kier alpha value is -1.35. The zero-order valence-electron chi connectivity index (χ0n) is 9.61. The first-order valence-electron chi connectivity index (χ1n) is 5.49. The van der Waals surface area contributed by atoms with E-state index in [0.717, 1.165) is 17.7 Å². The van der Waals surface area contributed by atoms with Gasteiger partial charge in [0.1, 0.15) is 5.82 Å². The molecule has 4 heteroatoms. The molecule has 0 aliphatic carbocycles. The van der Waals surface area contributed by atoms with Gasteiger partial charge in [-0.15, -0.1) is 11.6 Å². The van der Waals surface area contributed by atoms with Gasteiger partial charge in [-0.3, -0.25) is 4.68 Å². The number of hydrogen-bond acceptors (Lipinski definition) is 1. The van der Waals surface area contributed by atoms with Gasteiger partial charge in [-0.05, 0) is 30.2 Å². The highest BCUT2D eigenvalue weighted by Crippen LogP contribution is 2.22. The molecule has 1 aromatic carbocycles. The van der Waals surface area contributed by atoms with Gasteiger partial charge in [-0.25, -0.2) is 4.39 Å². The summed E-state index contributed by atoms with van der Waals surface area (Å²) in [6.45, 7) is 0. The summed E-state index contributed by atoms with van der Waals surface area (Å²) >= 11 is 5.95. The van der Waals surface area contributed by atoms with E-state index < -0.39 is 0 Å². The number of hydrogen-bond donors (Lipinski definition) is 0. The van der Waals surface area contributed by atoms with Crippen LogP contribution in [0.5, 0.6) is 0 Å². The van der Waals surface area contributed by atoms with Crippen LogP contribution in [-0.4, -0.2) is 15.7 Å². The lowest BCUT2D eigenvalue weighted by molar-refractivity contribution is 0.620. The van der Waals surface area contributed by atoms with Crippen molar-refractivity contribution in [3.8, 4) is 0 Å². The molecule has 90 valence electrons. The fourth-order valence-electron chi connectivity index (χ4n) is 1.85. The summed E-state index contributed by atoms with van der Waals surface area (Å²) in [6, 6.07) is 8.55. The molecule has 0 spiro atoms. The normalized spacial score (nSPS) is 12.6. The van der Waals surface area contributed by atoms with Gasteiger partial charge in [-0.1, -0.05) is 12.1 Å². The van der Waals surface area contributed by atoms with Gasteiger partial charge in [0.2, 0.25) is 0 Å². The summed E-state index contributed by atoms with van der Waals surface area (Å²) in [5.74, 6) is 0.334. The quantitative estimate of drug-likeness (QED) is 0.765. The fourth-order valence-corrected chi connectivity index (χ4v) is 2.13. The number of alkyl halides is 1. The molecule has 0 saturated heterocycles. The number of halogens is 2. The third-order valence-electron chi connectivity index (χ3n) is 2.73. The highest BCUT2D eigenvalue weighted by Gasteiger charge is 2.13. The van der Waals surface area contributed by atoms with Crippen molar-refractivity contribution in [3.05, 3.63) is 53.6 Å². The summed E-state index contributed by atoms with van der Waals surface area (Å²) < 4.78 is 14.9. The Labute approximate surface area is 105 Å². The molecule has 1 heterocycles. The zero-order chi connectivity index (χ0) is 12.3. The van der Waals surface area contributed by atoms with Crippen molar-refractivity contribution in [2.45, 2.75) is 12.3 Å². The first-order valence-corrected chi connectivity index (χ1v) is 6.02. The average Bonchev–Trinajstić information content (AvgIpc) is 2.72. The smallest absolute Gasteiger partial charge is 0.123 e. The number of rotatable bonds is 4. The van der Waals surface area contributed by atoms with Crippen molar-refractivity contribution in [1.82, 2.24) is 9.78 Å². The number of nitrogens with zero attached hydrogens (tertiary/aromatic N) is 2. The molecule has 0 bridgehead atoms. The van der Waals surface area contributed by atoms with Crippen LogP contribution in [0.4, 0.5) is 4.39 Å². The van der Waals surface area contributed by atoms with Crippen molar-refractivity contribution in [2.75, 3.05) is 5.88 Å². The van der Waals surface area contributed by atoms with E-state index in [4.69, 9.17) is 11.6 Å². The minimum Gasteiger partial charge on any atom is -0.276 e. The van der Waals surface area contributed by atoms with Crippen LogP contribution in [0.15, 0.2) is 36.5 Å². The summed E-state index contributed by atoms with van der Waals surface area (Å²) in [7, 11) is 1.88. The molecule has 2 rings (SSSR count). The standard InChI is InChI=1S/C13H14ClFN2/c1-17-6-5-13(16-17)8-11(9-14)10-3-2-4-12(15)7-10/h2-7,11H,8-9H2,1H3. The molecule has 0 N–H and O–H groups in total. The molecule has 1 aromatic heterocycles. The first-order chi connectivity index (χ1) is 8.19. The first kappa shape index (κ1) is 12.1. The molecule has 1 unspecified atom stereocenters. The molecule has 1 atom stereocenters. The SMILES string of the molecule is Cn1ccc(CC(CCl)c2cccc(F)c2)n1. The van der Waals surface area contributed by atoms with E-state index in [-0.39, 0.29) is 11.7 Å². The van der Waals surface area contributed by atoms with E-state index >= 15 is 0 Å². The van der Waals surface area contributed by atoms with E-state index in [9.17, 15) is 4.39 Å². The van der Waals surface area contributed by atoms with Gasteiger partial charge < -0.3 is 0 Å². The Balaban J connectivity index is 2.16. The van der Waals surface area contributed by atoms with Crippen LogP contribution in [0.25, 0.3) is 0 Å². The second-order valence-corrected chi connectivity index (χ2v) is 4.40. The Morgan fingerprint density at radius 1 is 1.41 bits per heavy atom. The fraction of sp³-hybridized carbons (Fsp3) is 0.308. The third-order valence-corrected chi connectivity index (χ3v) is 3.10. The average molecular weight is 253 g/mol. The second-order valence-electron chi connectivity index (χ2n) is 4.09. The molecule has 2 aromatic rings. The third kappa shape index (κ3) is 3.07. The van der Waals surface area contributed by atoms with Crippen LogP contribution in [0.3, 0.4) is 0 Å². The highest BCUT2D eigenvalue weighted by atomic mass is 35.5. The number of aromatic nitrogens is 2. The van der Waals surface area contributed by atoms with Gasteiger partial charge >= 0.3 is 0 Å². The molecule has 0 fully saturated rings. The largest absolute Gasteiger partial charge is 0.276 e. The molecule has 17 heavy (non-hydrogen) atoms. The van der Waals surface area contributed by atoms with Crippen LogP contribution < -0.4 is 0 Å². The molecule has 0 aliphatic rings. The Morgan fingerprint density at radius 2 is 2.24 bits per heavy atom. The summed E-state index contributed by atoms with van der Waals surface area (Å²) in [5.41, 5.74) is 1.90. The van der Waals surface area contributed by atoms with E-state index in [0.29, 0.717) is 5.88 Å². The van der Waals surface area contributed by atoms with Crippen LogP contribution in [0.2, 0.25) is 0 Å². The van der Waals surface area contributed by atoms with Crippen molar-refractivity contribution in [3.63, 3.8) is 0 Å². The van der Waals surface area contributed by atoms with Crippen molar-refractivity contribution in [2.24, 2.45) is 7.05 Å². The van der Waals surface area contributed by atoms with Crippen LogP contribution in [-0.2, 0) is 13.5 Å². The maximum absolute atomic E-state index is 13.1.